The summed E-state index contributed by atoms with van der Waals surface area (Å²) in [5.41, 5.74) is 0.255. The first-order valence-corrected chi connectivity index (χ1v) is 15.1. The third kappa shape index (κ3) is 9.01. The van der Waals surface area contributed by atoms with Gasteiger partial charge in [0.1, 0.15) is 23.4 Å². The van der Waals surface area contributed by atoms with Crippen LogP contribution in [0.3, 0.4) is 0 Å². The molecule has 1 atom stereocenters. The Morgan fingerprint density at radius 1 is 1.11 bits per heavy atom. The Bertz CT molecular complexity index is 1360. The second-order valence-corrected chi connectivity index (χ2v) is 12.3. The lowest BCUT2D eigenvalue weighted by Crippen LogP contribution is -2.18. The summed E-state index contributed by atoms with van der Waals surface area (Å²) in [5.74, 6) is 0.463. The fourth-order valence-electron chi connectivity index (χ4n) is 3.11. The molecule has 3 aromatic rings. The number of amides is 1. The van der Waals surface area contributed by atoms with Crippen molar-refractivity contribution in [1.82, 2.24) is 4.98 Å². The third-order valence-electron chi connectivity index (χ3n) is 4.71. The maximum atomic E-state index is 13.1. The predicted molar refractivity (Wildman–Crippen MR) is 145 cm³/mol. The van der Waals surface area contributed by atoms with Crippen molar-refractivity contribution < 1.29 is 37.0 Å². The number of aromatic nitrogens is 1. The number of benzene rings is 2. The molecule has 0 spiro atoms. The smallest absolute Gasteiger partial charge is 0.316 e. The monoisotopic (exact) mass is 580 g/mol. The number of thioether (sulfide) groups is 1. The van der Waals surface area contributed by atoms with E-state index in [9.17, 15) is 18.0 Å². The number of thiazole rings is 1. The van der Waals surface area contributed by atoms with E-state index in [1.54, 1.807) is 32.4 Å². The number of rotatable bonds is 13. The number of hydrogen-bond acceptors (Lipinski definition) is 11. The summed E-state index contributed by atoms with van der Waals surface area (Å²) >= 11 is 2.50. The van der Waals surface area contributed by atoms with Crippen LogP contribution in [-0.4, -0.2) is 63.7 Å². The van der Waals surface area contributed by atoms with Crippen molar-refractivity contribution in [2.24, 2.45) is 0 Å². The molecular formula is C25H28N2O8S3. The second-order valence-electron chi connectivity index (χ2n) is 7.95. The fraction of sp³-hybridized carbons (Fsp3) is 0.320. The van der Waals surface area contributed by atoms with Crippen LogP contribution in [0, 0.1) is 0 Å². The Hall–Kier alpha value is -3.13. The fourth-order valence-corrected chi connectivity index (χ4v) is 5.40. The molecule has 0 saturated carbocycles. The Morgan fingerprint density at radius 3 is 2.47 bits per heavy atom. The Morgan fingerprint density at radius 2 is 1.82 bits per heavy atom. The lowest BCUT2D eigenvalue weighted by Gasteiger charge is -2.16. The average molecular weight is 581 g/mol. The van der Waals surface area contributed by atoms with Gasteiger partial charge in [-0.3, -0.25) is 14.9 Å². The lowest BCUT2D eigenvalue weighted by atomic mass is 10.2. The van der Waals surface area contributed by atoms with Gasteiger partial charge in [-0.2, -0.15) is 0 Å². The number of carbonyl (C=O) groups is 2. The number of methoxy groups -OCH3 is 1. The van der Waals surface area contributed by atoms with Crippen LogP contribution in [0.4, 0.5) is 5.13 Å². The van der Waals surface area contributed by atoms with Crippen LogP contribution in [-0.2, 0) is 24.1 Å². The van der Waals surface area contributed by atoms with E-state index in [-0.39, 0.29) is 28.3 Å². The molecule has 38 heavy (non-hydrogen) atoms. The minimum Gasteiger partial charge on any atom is -0.488 e. The summed E-state index contributed by atoms with van der Waals surface area (Å²) in [5, 5.41) is 3.11. The van der Waals surface area contributed by atoms with Crippen LogP contribution in [0.15, 0.2) is 57.8 Å². The van der Waals surface area contributed by atoms with E-state index in [0.29, 0.717) is 35.6 Å². The molecule has 10 nitrogen and oxygen atoms in total. The van der Waals surface area contributed by atoms with Crippen LogP contribution >= 0.6 is 23.1 Å². The zero-order chi connectivity index (χ0) is 27.7. The van der Waals surface area contributed by atoms with E-state index in [0.717, 1.165) is 10.5 Å². The number of nitrogens with one attached hydrogen (secondary N) is 1. The summed E-state index contributed by atoms with van der Waals surface area (Å²) < 4.78 is 46.0. The number of nitrogens with zero attached hydrogens (tertiary/aromatic N) is 1. The summed E-state index contributed by atoms with van der Waals surface area (Å²) in [6, 6.07) is 10.7. The van der Waals surface area contributed by atoms with Gasteiger partial charge in [-0.25, -0.2) is 13.4 Å². The summed E-state index contributed by atoms with van der Waals surface area (Å²) in [4.78, 5) is 29.0. The normalized spacial score (nSPS) is 12.0. The molecule has 0 bridgehead atoms. The van der Waals surface area contributed by atoms with Crippen LogP contribution in [0.1, 0.15) is 24.2 Å². The number of ether oxygens (including phenoxy) is 4. The van der Waals surface area contributed by atoms with Crippen LogP contribution in [0.2, 0.25) is 0 Å². The van der Waals surface area contributed by atoms with E-state index in [4.69, 9.17) is 18.9 Å². The van der Waals surface area contributed by atoms with E-state index in [1.807, 2.05) is 6.92 Å². The minimum atomic E-state index is -3.34. The molecule has 0 saturated heterocycles. The molecule has 0 radical (unpaired) electrons. The van der Waals surface area contributed by atoms with Crippen molar-refractivity contribution in [3.05, 3.63) is 54.2 Å². The van der Waals surface area contributed by atoms with E-state index < -0.39 is 15.7 Å². The third-order valence-corrected chi connectivity index (χ3v) is 7.92. The topological polar surface area (TPSA) is 130 Å². The van der Waals surface area contributed by atoms with Crippen LogP contribution < -0.4 is 14.8 Å². The molecular weight excluding hydrogens is 552 g/mol. The van der Waals surface area contributed by atoms with Gasteiger partial charge in [0.2, 0.25) is 0 Å². The first-order valence-electron chi connectivity index (χ1n) is 11.4. The highest BCUT2D eigenvalue weighted by molar-refractivity contribution is 8.01. The highest BCUT2D eigenvalue weighted by Gasteiger charge is 2.16. The number of carbonyl (C=O) groups excluding carboxylic acids is 2. The zero-order valence-electron chi connectivity index (χ0n) is 21.3. The van der Waals surface area contributed by atoms with Crippen molar-refractivity contribution in [1.29, 1.82) is 0 Å². The van der Waals surface area contributed by atoms with Crippen molar-refractivity contribution in [3.63, 3.8) is 0 Å². The van der Waals surface area contributed by atoms with Gasteiger partial charge in [0.15, 0.2) is 15.0 Å². The molecule has 0 aliphatic carbocycles. The van der Waals surface area contributed by atoms with Gasteiger partial charge in [-0.15, -0.1) is 11.8 Å². The van der Waals surface area contributed by atoms with Gasteiger partial charge in [0.25, 0.3) is 5.91 Å². The van der Waals surface area contributed by atoms with Crippen LogP contribution in [0.5, 0.6) is 17.2 Å². The number of hydrogen-bond donors (Lipinski definition) is 1. The second kappa shape index (κ2) is 13.6. The number of esters is 1. The zero-order valence-corrected chi connectivity index (χ0v) is 23.7. The molecule has 13 heteroatoms. The van der Waals surface area contributed by atoms with Crippen molar-refractivity contribution in [3.8, 4) is 17.2 Å². The maximum Gasteiger partial charge on any atom is 0.316 e. The number of sulfone groups is 1. The Balaban J connectivity index is 1.78. The summed E-state index contributed by atoms with van der Waals surface area (Å²) in [6.07, 6.45) is 2.41. The molecule has 0 aliphatic rings. The Labute approximate surface area is 229 Å². The van der Waals surface area contributed by atoms with Gasteiger partial charge in [-0.1, -0.05) is 11.3 Å². The van der Waals surface area contributed by atoms with Crippen molar-refractivity contribution in [2.45, 2.75) is 29.1 Å². The quantitative estimate of drug-likeness (QED) is 0.225. The molecule has 204 valence electrons. The minimum absolute atomic E-state index is 0.147. The van der Waals surface area contributed by atoms with Gasteiger partial charge in [-0.05, 0) is 50.2 Å². The van der Waals surface area contributed by atoms with Crippen LogP contribution in [0.25, 0.3) is 0 Å². The van der Waals surface area contributed by atoms with Crippen molar-refractivity contribution >= 4 is 49.9 Å². The van der Waals surface area contributed by atoms with Gasteiger partial charge in [0.05, 0.1) is 34.3 Å². The molecule has 0 fully saturated rings. The average Bonchev–Trinajstić information content (AvgIpc) is 3.30. The largest absolute Gasteiger partial charge is 0.488 e. The van der Waals surface area contributed by atoms with Crippen molar-refractivity contribution in [2.75, 3.05) is 37.6 Å². The molecule has 3 rings (SSSR count). The molecule has 2 aromatic carbocycles. The van der Waals surface area contributed by atoms with E-state index in [2.05, 4.69) is 10.3 Å². The van der Waals surface area contributed by atoms with Gasteiger partial charge >= 0.3 is 5.97 Å². The Kier molecular flexibility index (Phi) is 10.5. The molecule has 1 heterocycles. The van der Waals surface area contributed by atoms with Gasteiger partial charge < -0.3 is 18.9 Å². The predicted octanol–water partition coefficient (Wildman–Crippen LogP) is 4.66. The van der Waals surface area contributed by atoms with E-state index >= 15 is 0 Å². The SMILES string of the molecule is CCOC(=O)CSc1cnc(NC(=O)c2cc(Oc3ccc(S(C)(=O)=O)cc3)cc(O[C@@H](C)COC)c2)s1. The molecule has 1 aromatic heterocycles. The molecule has 0 unspecified atom stereocenters. The number of anilines is 1. The molecule has 0 aliphatic heterocycles. The highest BCUT2D eigenvalue weighted by atomic mass is 32.2. The lowest BCUT2D eigenvalue weighted by molar-refractivity contribution is -0.139. The van der Waals surface area contributed by atoms with Gasteiger partial charge in [0, 0.05) is 25.0 Å². The standard InChI is InChI=1S/C25H28N2O8S3/c1-5-33-22(28)15-36-23-13-26-25(37-23)27-24(29)17-10-19(34-16(2)14-32-3)12-20(11-17)35-18-6-8-21(9-7-18)38(4,30)31/h6-13,16H,5,14-15H2,1-4H3,(H,26,27,29)/t16-/m0/s1. The molecule has 1 amide bonds. The first kappa shape index (κ1) is 29.4. The molecule has 1 N–H and O–H groups in total. The summed E-state index contributed by atoms with van der Waals surface area (Å²) in [7, 11) is -1.78. The summed E-state index contributed by atoms with van der Waals surface area (Å²) in [6.45, 7) is 4.22. The first-order chi connectivity index (χ1) is 18.1. The maximum absolute atomic E-state index is 13.1. The van der Waals surface area contributed by atoms with E-state index in [1.165, 1.54) is 53.4 Å². The highest BCUT2D eigenvalue weighted by Crippen LogP contribution is 2.31.